The Bertz CT molecular complexity index is 646. The predicted octanol–water partition coefficient (Wildman–Crippen LogP) is 4.53. The van der Waals surface area contributed by atoms with Crippen LogP contribution in [-0.2, 0) is 0 Å². The number of benzene rings is 1. The minimum absolute atomic E-state index is 0.172. The summed E-state index contributed by atoms with van der Waals surface area (Å²) in [5.74, 6) is -0.274. The Hall–Kier alpha value is -1.29. The molecule has 1 aromatic heterocycles. The summed E-state index contributed by atoms with van der Waals surface area (Å²) in [6.45, 7) is 1.87. The summed E-state index contributed by atoms with van der Waals surface area (Å²) >= 11 is 17.5. The zero-order chi connectivity index (χ0) is 14.7. The van der Waals surface area contributed by atoms with Crippen LogP contribution in [-0.4, -0.2) is 10.9 Å². The summed E-state index contributed by atoms with van der Waals surface area (Å²) in [5, 5.41) is 3.89. The van der Waals surface area contributed by atoms with Crippen LogP contribution >= 0.6 is 34.8 Å². The van der Waals surface area contributed by atoms with Gasteiger partial charge in [0, 0.05) is 11.2 Å². The van der Waals surface area contributed by atoms with Gasteiger partial charge in [0.2, 0.25) is 0 Å². The lowest BCUT2D eigenvalue weighted by molar-refractivity contribution is 0.0939. The van der Waals surface area contributed by atoms with Crippen molar-refractivity contribution in [3.05, 3.63) is 62.9 Å². The van der Waals surface area contributed by atoms with Crippen molar-refractivity contribution in [3.63, 3.8) is 0 Å². The van der Waals surface area contributed by atoms with E-state index in [4.69, 9.17) is 34.8 Å². The van der Waals surface area contributed by atoms with Crippen molar-refractivity contribution in [1.29, 1.82) is 0 Å². The lowest BCUT2D eigenvalue weighted by Gasteiger charge is -2.14. The highest BCUT2D eigenvalue weighted by Gasteiger charge is 2.13. The first-order valence-electron chi connectivity index (χ1n) is 5.84. The van der Waals surface area contributed by atoms with E-state index < -0.39 is 0 Å². The average molecular weight is 330 g/mol. The summed E-state index contributed by atoms with van der Waals surface area (Å²) in [7, 11) is 0. The Morgan fingerprint density at radius 1 is 1.25 bits per heavy atom. The minimum Gasteiger partial charge on any atom is -0.345 e. The van der Waals surface area contributed by atoms with Crippen LogP contribution in [0.4, 0.5) is 0 Å². The van der Waals surface area contributed by atoms with E-state index in [-0.39, 0.29) is 22.1 Å². The first kappa shape index (κ1) is 15.1. The number of pyridine rings is 1. The molecule has 3 nitrogen and oxygen atoms in total. The van der Waals surface area contributed by atoms with Crippen molar-refractivity contribution in [2.24, 2.45) is 0 Å². The Morgan fingerprint density at radius 3 is 2.65 bits per heavy atom. The maximum Gasteiger partial charge on any atom is 0.253 e. The number of carbonyl (C=O) groups is 1. The molecular weight excluding hydrogens is 319 g/mol. The first-order chi connectivity index (χ1) is 9.47. The molecule has 0 saturated carbocycles. The monoisotopic (exact) mass is 328 g/mol. The Kier molecular flexibility index (Phi) is 4.86. The molecule has 0 aliphatic rings. The van der Waals surface area contributed by atoms with Gasteiger partial charge in [0.15, 0.2) is 0 Å². The zero-order valence-corrected chi connectivity index (χ0v) is 12.8. The van der Waals surface area contributed by atoms with Crippen LogP contribution in [0.1, 0.15) is 28.9 Å². The van der Waals surface area contributed by atoms with E-state index in [9.17, 15) is 4.79 Å². The zero-order valence-electron chi connectivity index (χ0n) is 10.5. The summed E-state index contributed by atoms with van der Waals surface area (Å²) in [6, 6.07) is 8.61. The molecule has 0 radical (unpaired) electrons. The van der Waals surface area contributed by atoms with E-state index in [1.165, 1.54) is 12.3 Å². The molecule has 6 heteroatoms. The van der Waals surface area contributed by atoms with Crippen LogP contribution in [0.3, 0.4) is 0 Å². The second-order valence-electron chi connectivity index (χ2n) is 4.25. The summed E-state index contributed by atoms with van der Waals surface area (Å²) in [5.41, 5.74) is 1.27. The van der Waals surface area contributed by atoms with E-state index >= 15 is 0 Å². The topological polar surface area (TPSA) is 42.0 Å². The van der Waals surface area contributed by atoms with Gasteiger partial charge in [-0.05, 0) is 30.7 Å². The molecule has 104 valence electrons. The number of halogens is 3. The average Bonchev–Trinajstić information content (AvgIpc) is 2.41. The van der Waals surface area contributed by atoms with Crippen molar-refractivity contribution in [1.82, 2.24) is 10.3 Å². The van der Waals surface area contributed by atoms with E-state index in [2.05, 4.69) is 10.3 Å². The highest BCUT2D eigenvalue weighted by molar-refractivity contribution is 6.41. The highest BCUT2D eigenvalue weighted by atomic mass is 35.5. The fraction of sp³-hybridized carbons (Fsp3) is 0.143. The van der Waals surface area contributed by atoms with Gasteiger partial charge in [0.25, 0.3) is 5.91 Å². The van der Waals surface area contributed by atoms with Gasteiger partial charge in [0.05, 0.1) is 16.6 Å². The number of nitrogens with one attached hydrogen (secondary N) is 1. The quantitative estimate of drug-likeness (QED) is 0.840. The molecule has 1 amide bonds. The fourth-order valence-corrected chi connectivity index (χ4v) is 2.15. The molecule has 0 spiro atoms. The lowest BCUT2D eigenvalue weighted by atomic mass is 10.1. The van der Waals surface area contributed by atoms with Crippen LogP contribution in [0.2, 0.25) is 15.2 Å². The van der Waals surface area contributed by atoms with E-state index in [1.54, 1.807) is 12.1 Å². The summed E-state index contributed by atoms with van der Waals surface area (Å²) in [4.78, 5) is 15.9. The maximum absolute atomic E-state index is 12.1. The molecule has 2 rings (SSSR count). The molecule has 1 heterocycles. The van der Waals surface area contributed by atoms with Crippen LogP contribution < -0.4 is 5.32 Å². The van der Waals surface area contributed by atoms with Crippen LogP contribution in [0.15, 0.2) is 36.5 Å². The third-order valence-corrected chi connectivity index (χ3v) is 3.68. The van der Waals surface area contributed by atoms with Crippen molar-refractivity contribution in [2.75, 3.05) is 0 Å². The number of carbonyl (C=O) groups excluding carboxylic acids is 1. The maximum atomic E-state index is 12.1. The van der Waals surface area contributed by atoms with Crippen LogP contribution in [0.5, 0.6) is 0 Å². The van der Waals surface area contributed by atoms with Gasteiger partial charge in [-0.1, -0.05) is 46.9 Å². The molecule has 0 bridgehead atoms. The first-order valence-corrected chi connectivity index (χ1v) is 6.98. The summed E-state index contributed by atoms with van der Waals surface area (Å²) < 4.78 is 0. The van der Waals surface area contributed by atoms with Crippen molar-refractivity contribution >= 4 is 40.7 Å². The van der Waals surface area contributed by atoms with Gasteiger partial charge in [0.1, 0.15) is 5.15 Å². The molecule has 0 aliphatic heterocycles. The molecule has 1 N–H and O–H groups in total. The predicted molar refractivity (Wildman–Crippen MR) is 81.6 cm³/mol. The number of hydrogen-bond donors (Lipinski definition) is 1. The largest absolute Gasteiger partial charge is 0.345 e. The number of amides is 1. The Balaban J connectivity index is 2.13. The van der Waals surface area contributed by atoms with Crippen molar-refractivity contribution in [2.45, 2.75) is 13.0 Å². The Morgan fingerprint density at radius 2 is 2.00 bits per heavy atom. The van der Waals surface area contributed by atoms with Gasteiger partial charge >= 0.3 is 0 Å². The Labute approximate surface area is 131 Å². The second kappa shape index (κ2) is 6.44. The molecular formula is C14H11Cl3N2O. The number of rotatable bonds is 3. The number of hydrogen-bond acceptors (Lipinski definition) is 2. The van der Waals surface area contributed by atoms with E-state index in [0.29, 0.717) is 10.6 Å². The second-order valence-corrected chi connectivity index (χ2v) is 5.45. The molecule has 2 aromatic rings. The number of aromatic nitrogens is 1. The van der Waals surface area contributed by atoms with Gasteiger partial charge in [-0.25, -0.2) is 4.98 Å². The third kappa shape index (κ3) is 3.63. The van der Waals surface area contributed by atoms with Gasteiger partial charge in [-0.2, -0.15) is 0 Å². The smallest absolute Gasteiger partial charge is 0.253 e. The van der Waals surface area contributed by atoms with Crippen molar-refractivity contribution in [3.8, 4) is 0 Å². The van der Waals surface area contributed by atoms with E-state index in [0.717, 1.165) is 5.56 Å². The molecule has 1 aromatic carbocycles. The number of nitrogens with zero attached hydrogens (tertiary/aromatic N) is 1. The lowest BCUT2D eigenvalue weighted by Crippen LogP contribution is -2.26. The van der Waals surface area contributed by atoms with Crippen LogP contribution in [0, 0.1) is 0 Å². The van der Waals surface area contributed by atoms with Gasteiger partial charge in [-0.15, -0.1) is 0 Å². The molecule has 1 unspecified atom stereocenters. The minimum atomic E-state index is -0.274. The molecule has 0 fully saturated rings. The third-order valence-electron chi connectivity index (χ3n) is 2.75. The van der Waals surface area contributed by atoms with Gasteiger partial charge in [-0.3, -0.25) is 4.79 Å². The molecule has 0 saturated heterocycles. The SMILES string of the molecule is CC(NC(=O)c1cnc(Cl)c(Cl)c1)c1cccc(Cl)c1. The normalized spacial score (nSPS) is 12.0. The molecule has 20 heavy (non-hydrogen) atoms. The standard InChI is InChI=1S/C14H11Cl3N2O/c1-8(9-3-2-4-11(15)5-9)19-14(20)10-6-12(16)13(17)18-7-10/h2-8H,1H3,(H,19,20). The summed E-state index contributed by atoms with van der Waals surface area (Å²) in [6.07, 6.45) is 1.38. The van der Waals surface area contributed by atoms with Crippen LogP contribution in [0.25, 0.3) is 0 Å². The fourth-order valence-electron chi connectivity index (χ4n) is 1.68. The van der Waals surface area contributed by atoms with E-state index in [1.807, 2.05) is 19.1 Å². The van der Waals surface area contributed by atoms with Crippen molar-refractivity contribution < 1.29 is 4.79 Å². The molecule has 1 atom stereocenters. The highest BCUT2D eigenvalue weighted by Crippen LogP contribution is 2.21. The van der Waals surface area contributed by atoms with Gasteiger partial charge < -0.3 is 5.32 Å². The molecule has 0 aliphatic carbocycles.